The number of hydrogen-bond acceptors (Lipinski definition) is 4. The highest BCUT2D eigenvalue weighted by Crippen LogP contribution is 2.32. The van der Waals surface area contributed by atoms with E-state index in [-0.39, 0.29) is 12.5 Å². The molecule has 154 valence electrons. The number of carbonyl (C=O) groups excluding carboxylic acids is 1. The molecule has 0 spiro atoms. The van der Waals surface area contributed by atoms with Gasteiger partial charge >= 0.3 is 6.61 Å². The number of carbonyl (C=O) groups is 1. The molecular weight excluding hydrogens is 392 g/mol. The minimum atomic E-state index is -3.28. The molecule has 1 fully saturated rings. The van der Waals surface area contributed by atoms with Gasteiger partial charge in [0.1, 0.15) is 5.75 Å². The summed E-state index contributed by atoms with van der Waals surface area (Å²) in [6.07, 6.45) is 1.03. The van der Waals surface area contributed by atoms with Crippen LogP contribution in [0.5, 0.6) is 5.75 Å². The number of halogens is 4. The predicted molar refractivity (Wildman–Crippen MR) is 96.6 cm³/mol. The second-order valence-corrected chi connectivity index (χ2v) is 6.38. The molecule has 1 aliphatic rings. The van der Waals surface area contributed by atoms with Crippen LogP contribution in [0.15, 0.2) is 47.5 Å². The SMILES string of the molecule is O=C(Cc1ccccc1)NC(OC=NC1CC1)c1c(OC(F)F)ccc(F)c1F. The standard InChI is InChI=1S/C20H18F4N2O3/c21-14-8-9-15(29-20(23)24)17(18(14)22)19(28-11-25-13-6-7-13)26-16(27)10-12-4-2-1-3-5-12/h1-5,8-9,11,13,19-20H,6-7,10H2,(H,26,27). The lowest BCUT2D eigenvalue weighted by molar-refractivity contribution is -0.123. The van der Waals surface area contributed by atoms with E-state index in [1.807, 2.05) is 0 Å². The predicted octanol–water partition coefficient (Wildman–Crippen LogP) is 4.13. The van der Waals surface area contributed by atoms with E-state index in [1.165, 1.54) is 0 Å². The molecule has 0 aliphatic heterocycles. The molecule has 0 heterocycles. The first-order valence-electron chi connectivity index (χ1n) is 8.87. The average molecular weight is 410 g/mol. The molecule has 1 amide bonds. The zero-order chi connectivity index (χ0) is 20.8. The van der Waals surface area contributed by atoms with Crippen LogP contribution in [0, 0.1) is 11.6 Å². The zero-order valence-electron chi connectivity index (χ0n) is 15.2. The third-order valence-electron chi connectivity index (χ3n) is 4.09. The number of ether oxygens (including phenoxy) is 2. The van der Waals surface area contributed by atoms with Crippen molar-refractivity contribution in [3.05, 3.63) is 65.2 Å². The molecule has 1 aliphatic carbocycles. The number of aliphatic imine (C=N–C) groups is 1. The lowest BCUT2D eigenvalue weighted by Gasteiger charge is -2.21. The number of nitrogens with zero attached hydrogens (tertiary/aromatic N) is 1. The van der Waals surface area contributed by atoms with Gasteiger partial charge in [-0.15, -0.1) is 0 Å². The van der Waals surface area contributed by atoms with Crippen LogP contribution in [0.3, 0.4) is 0 Å². The number of alkyl halides is 2. The van der Waals surface area contributed by atoms with Crippen molar-refractivity contribution in [1.29, 1.82) is 0 Å². The van der Waals surface area contributed by atoms with Gasteiger partial charge in [0.05, 0.1) is 18.0 Å². The monoisotopic (exact) mass is 410 g/mol. The van der Waals surface area contributed by atoms with E-state index in [4.69, 9.17) is 4.74 Å². The van der Waals surface area contributed by atoms with E-state index in [1.54, 1.807) is 30.3 Å². The normalized spacial score (nSPS) is 14.8. The number of benzene rings is 2. The van der Waals surface area contributed by atoms with Crippen LogP contribution in [0.25, 0.3) is 0 Å². The van der Waals surface area contributed by atoms with Crippen molar-refractivity contribution in [3.63, 3.8) is 0 Å². The fourth-order valence-corrected chi connectivity index (χ4v) is 2.55. The smallest absolute Gasteiger partial charge is 0.387 e. The van der Waals surface area contributed by atoms with Crippen LogP contribution >= 0.6 is 0 Å². The third-order valence-corrected chi connectivity index (χ3v) is 4.09. The van der Waals surface area contributed by atoms with Gasteiger partial charge in [0, 0.05) is 0 Å². The Labute approximate surface area is 164 Å². The van der Waals surface area contributed by atoms with Crippen LogP contribution in [0.4, 0.5) is 17.6 Å². The Hall–Kier alpha value is -3.10. The largest absolute Gasteiger partial charge is 0.456 e. The Morgan fingerprint density at radius 1 is 1.17 bits per heavy atom. The molecule has 0 bridgehead atoms. The van der Waals surface area contributed by atoms with Crippen LogP contribution in [0.2, 0.25) is 0 Å². The summed E-state index contributed by atoms with van der Waals surface area (Å²) in [5.41, 5.74) is -0.0203. The first-order valence-corrected chi connectivity index (χ1v) is 8.87. The van der Waals surface area contributed by atoms with Crippen LogP contribution in [0.1, 0.15) is 30.2 Å². The lowest BCUT2D eigenvalue weighted by Crippen LogP contribution is -2.32. The van der Waals surface area contributed by atoms with Crippen molar-refractivity contribution in [3.8, 4) is 5.75 Å². The maximum atomic E-state index is 14.5. The van der Waals surface area contributed by atoms with E-state index < -0.39 is 41.7 Å². The molecule has 5 nitrogen and oxygen atoms in total. The van der Waals surface area contributed by atoms with Gasteiger partial charge in [-0.1, -0.05) is 30.3 Å². The van der Waals surface area contributed by atoms with Crippen LogP contribution in [-0.2, 0) is 16.0 Å². The van der Waals surface area contributed by atoms with Gasteiger partial charge in [-0.3, -0.25) is 9.79 Å². The summed E-state index contributed by atoms with van der Waals surface area (Å²) >= 11 is 0. The average Bonchev–Trinajstić information content (AvgIpc) is 3.49. The Morgan fingerprint density at radius 2 is 1.90 bits per heavy atom. The third kappa shape index (κ3) is 5.94. The fourth-order valence-electron chi connectivity index (χ4n) is 2.55. The van der Waals surface area contributed by atoms with Crippen molar-refractivity contribution >= 4 is 12.3 Å². The zero-order valence-corrected chi connectivity index (χ0v) is 15.2. The van der Waals surface area contributed by atoms with Gasteiger partial charge in [-0.25, -0.2) is 8.78 Å². The summed E-state index contributed by atoms with van der Waals surface area (Å²) in [5, 5.41) is 2.37. The molecule has 1 N–H and O–H groups in total. The van der Waals surface area contributed by atoms with E-state index in [0.29, 0.717) is 11.6 Å². The minimum Gasteiger partial charge on any atom is -0.456 e. The second-order valence-electron chi connectivity index (χ2n) is 6.38. The second kappa shape index (κ2) is 9.40. The van der Waals surface area contributed by atoms with Crippen LogP contribution in [-0.4, -0.2) is 25.0 Å². The highest BCUT2D eigenvalue weighted by atomic mass is 19.3. The topological polar surface area (TPSA) is 59.9 Å². The molecule has 9 heteroatoms. The van der Waals surface area contributed by atoms with Gasteiger partial charge in [-0.05, 0) is 30.5 Å². The number of hydrogen-bond donors (Lipinski definition) is 1. The maximum absolute atomic E-state index is 14.5. The molecule has 2 aromatic rings. The Kier molecular flexibility index (Phi) is 6.69. The molecule has 0 radical (unpaired) electrons. The van der Waals surface area contributed by atoms with Gasteiger partial charge in [0.25, 0.3) is 0 Å². The maximum Gasteiger partial charge on any atom is 0.387 e. The number of rotatable bonds is 9. The highest BCUT2D eigenvalue weighted by molar-refractivity contribution is 5.79. The molecule has 1 unspecified atom stereocenters. The van der Waals surface area contributed by atoms with Gasteiger partial charge in [0.2, 0.25) is 12.1 Å². The van der Waals surface area contributed by atoms with Crippen molar-refractivity contribution in [2.75, 3.05) is 0 Å². The molecule has 2 aromatic carbocycles. The quantitative estimate of drug-likeness (QED) is 0.293. The summed E-state index contributed by atoms with van der Waals surface area (Å²) in [4.78, 5) is 16.4. The minimum absolute atomic E-state index is 0.0600. The lowest BCUT2D eigenvalue weighted by atomic mass is 10.1. The first-order chi connectivity index (χ1) is 13.9. The number of amides is 1. The van der Waals surface area contributed by atoms with E-state index in [0.717, 1.165) is 25.3 Å². The van der Waals surface area contributed by atoms with Crippen LogP contribution < -0.4 is 10.1 Å². The molecule has 3 rings (SSSR count). The number of nitrogens with one attached hydrogen (secondary N) is 1. The Bertz CT molecular complexity index is 874. The summed E-state index contributed by atoms with van der Waals surface area (Å²) in [6.45, 7) is -3.28. The molecule has 29 heavy (non-hydrogen) atoms. The van der Waals surface area contributed by atoms with E-state index in [2.05, 4.69) is 15.0 Å². The highest BCUT2D eigenvalue weighted by Gasteiger charge is 2.28. The van der Waals surface area contributed by atoms with Gasteiger partial charge in [0.15, 0.2) is 18.0 Å². The Morgan fingerprint density at radius 3 is 2.55 bits per heavy atom. The molecule has 1 saturated carbocycles. The Balaban J connectivity index is 1.86. The summed E-state index contributed by atoms with van der Waals surface area (Å²) < 4.78 is 63.3. The first kappa shape index (κ1) is 20.6. The molecular formula is C20H18F4N2O3. The summed E-state index contributed by atoms with van der Waals surface area (Å²) in [5.74, 6) is -4.00. The molecule has 0 aromatic heterocycles. The molecule has 0 saturated heterocycles. The summed E-state index contributed by atoms with van der Waals surface area (Å²) in [7, 11) is 0. The van der Waals surface area contributed by atoms with Crippen molar-refractivity contribution in [2.24, 2.45) is 4.99 Å². The molecule has 1 atom stereocenters. The van der Waals surface area contributed by atoms with Crippen molar-refractivity contribution in [2.45, 2.75) is 38.1 Å². The van der Waals surface area contributed by atoms with E-state index in [9.17, 15) is 22.4 Å². The van der Waals surface area contributed by atoms with E-state index >= 15 is 0 Å². The van der Waals surface area contributed by atoms with Gasteiger partial charge in [-0.2, -0.15) is 8.78 Å². The van der Waals surface area contributed by atoms with Gasteiger partial charge < -0.3 is 14.8 Å². The van der Waals surface area contributed by atoms with Crippen molar-refractivity contribution in [1.82, 2.24) is 5.32 Å². The van der Waals surface area contributed by atoms with Crippen molar-refractivity contribution < 1.29 is 31.8 Å². The fraction of sp³-hybridized carbons (Fsp3) is 0.300. The summed E-state index contributed by atoms with van der Waals surface area (Å²) in [6, 6.07) is 10.2.